The molecule has 0 saturated heterocycles. The fourth-order valence-electron chi connectivity index (χ4n) is 2.98. The van der Waals surface area contributed by atoms with E-state index < -0.39 is 5.95 Å². The molecule has 0 fully saturated rings. The highest BCUT2D eigenvalue weighted by atomic mass is 79.9. The molecule has 4 aromatic rings. The lowest BCUT2D eigenvalue weighted by molar-refractivity contribution is 0.568. The van der Waals surface area contributed by atoms with Crippen molar-refractivity contribution in [3.8, 4) is 0 Å². The average Bonchev–Trinajstić information content (AvgIpc) is 3.02. The van der Waals surface area contributed by atoms with Crippen LogP contribution in [-0.4, -0.2) is 19.9 Å². The normalized spacial score (nSPS) is 11.2. The maximum atomic E-state index is 14.3. The van der Waals surface area contributed by atoms with Gasteiger partial charge in [-0.15, -0.1) is 0 Å². The minimum absolute atomic E-state index is 0.448. The third kappa shape index (κ3) is 3.37. The first-order valence-corrected chi connectivity index (χ1v) is 8.96. The lowest BCUT2D eigenvalue weighted by atomic mass is 10.0. The molecule has 4 aromatic heterocycles. The molecule has 0 aliphatic rings. The summed E-state index contributed by atoms with van der Waals surface area (Å²) in [7, 11) is 0. The van der Waals surface area contributed by atoms with Gasteiger partial charge in [-0.3, -0.25) is 4.98 Å². The van der Waals surface area contributed by atoms with Gasteiger partial charge in [0.15, 0.2) is 0 Å². The van der Waals surface area contributed by atoms with Crippen LogP contribution in [0.15, 0.2) is 47.5 Å². The van der Waals surface area contributed by atoms with Crippen molar-refractivity contribution in [1.29, 1.82) is 0 Å². The smallest absolute Gasteiger partial charge is 0.217 e. The maximum Gasteiger partial charge on any atom is 0.217 e. The molecule has 0 aromatic carbocycles. The molecule has 129 valence electrons. The van der Waals surface area contributed by atoms with Gasteiger partial charge in [-0.2, -0.15) is 4.39 Å². The Balaban J connectivity index is 1.66. The maximum absolute atomic E-state index is 14.3. The lowest BCUT2D eigenvalue weighted by Crippen LogP contribution is -2.00. The van der Waals surface area contributed by atoms with Crippen LogP contribution in [0.2, 0.25) is 0 Å². The number of halogens is 2. The number of H-pyrrole nitrogens is 1. The van der Waals surface area contributed by atoms with Crippen LogP contribution < -0.4 is 0 Å². The Kier molecular flexibility index (Phi) is 4.51. The summed E-state index contributed by atoms with van der Waals surface area (Å²) in [4.78, 5) is 15.4. The summed E-state index contributed by atoms with van der Waals surface area (Å²) in [6.45, 7) is 1.99. The van der Waals surface area contributed by atoms with Gasteiger partial charge in [-0.05, 0) is 63.3 Å². The summed E-state index contributed by atoms with van der Waals surface area (Å²) in [6, 6.07) is 5.82. The number of aryl methyl sites for hydroxylation is 1. The zero-order chi connectivity index (χ0) is 18.1. The van der Waals surface area contributed by atoms with E-state index in [-0.39, 0.29) is 0 Å². The Morgan fingerprint density at radius 1 is 1.15 bits per heavy atom. The van der Waals surface area contributed by atoms with E-state index in [4.69, 9.17) is 0 Å². The highest BCUT2D eigenvalue weighted by Crippen LogP contribution is 2.23. The summed E-state index contributed by atoms with van der Waals surface area (Å²) in [6.07, 6.45) is 11.0. The Morgan fingerprint density at radius 2 is 2.04 bits per heavy atom. The average molecular weight is 410 g/mol. The van der Waals surface area contributed by atoms with Gasteiger partial charge >= 0.3 is 0 Å². The van der Waals surface area contributed by atoms with Gasteiger partial charge in [0, 0.05) is 53.1 Å². The van der Waals surface area contributed by atoms with Crippen molar-refractivity contribution in [2.45, 2.75) is 19.8 Å². The predicted octanol–water partition coefficient (Wildman–Crippen LogP) is 4.54. The van der Waals surface area contributed by atoms with Gasteiger partial charge in [0.25, 0.3) is 0 Å². The fourth-order valence-corrected chi connectivity index (χ4v) is 3.37. The zero-order valence-corrected chi connectivity index (χ0v) is 15.6. The second kappa shape index (κ2) is 6.96. The number of fused-ring (bicyclic) bond motifs is 1. The van der Waals surface area contributed by atoms with Crippen LogP contribution in [-0.2, 0) is 12.8 Å². The monoisotopic (exact) mass is 409 g/mol. The Labute approximate surface area is 158 Å². The minimum Gasteiger partial charge on any atom is -0.346 e. The molecular formula is C20H15BrFN4. The SMILES string of the molecule is Cc1cnc2[nH]cc(Cc3cc(Cc4ccncc4Br)[c]nc3F)c2c1. The van der Waals surface area contributed by atoms with Gasteiger partial charge in [0.2, 0.25) is 5.95 Å². The first kappa shape index (κ1) is 16.8. The summed E-state index contributed by atoms with van der Waals surface area (Å²) in [5.41, 5.74) is 5.32. The number of aromatic amines is 1. The van der Waals surface area contributed by atoms with Crippen LogP contribution in [0.3, 0.4) is 0 Å². The lowest BCUT2D eigenvalue weighted by Gasteiger charge is -2.07. The van der Waals surface area contributed by atoms with E-state index in [2.05, 4.69) is 48.1 Å². The molecule has 6 heteroatoms. The van der Waals surface area contributed by atoms with Gasteiger partial charge in [-0.1, -0.05) is 0 Å². The molecule has 0 aliphatic heterocycles. The van der Waals surface area contributed by atoms with Crippen LogP contribution >= 0.6 is 15.9 Å². The fraction of sp³-hybridized carbons (Fsp3) is 0.150. The van der Waals surface area contributed by atoms with Gasteiger partial charge in [-0.25, -0.2) is 9.97 Å². The summed E-state index contributed by atoms with van der Waals surface area (Å²) >= 11 is 3.49. The summed E-state index contributed by atoms with van der Waals surface area (Å²) in [5, 5.41) is 1.01. The molecule has 4 nitrogen and oxygen atoms in total. The van der Waals surface area contributed by atoms with Crippen LogP contribution in [0, 0.1) is 19.1 Å². The van der Waals surface area contributed by atoms with Crippen molar-refractivity contribution in [2.75, 3.05) is 0 Å². The number of nitrogens with one attached hydrogen (secondary N) is 1. The minimum atomic E-state index is -0.488. The molecule has 0 aliphatic carbocycles. The van der Waals surface area contributed by atoms with Gasteiger partial charge in [0.1, 0.15) is 5.65 Å². The Morgan fingerprint density at radius 3 is 2.88 bits per heavy atom. The van der Waals surface area contributed by atoms with Gasteiger partial charge < -0.3 is 4.98 Å². The van der Waals surface area contributed by atoms with Crippen LogP contribution in [0.4, 0.5) is 4.39 Å². The van der Waals surface area contributed by atoms with Crippen molar-refractivity contribution in [1.82, 2.24) is 19.9 Å². The van der Waals surface area contributed by atoms with Crippen LogP contribution in [0.5, 0.6) is 0 Å². The summed E-state index contributed by atoms with van der Waals surface area (Å²) in [5.74, 6) is -0.488. The van der Waals surface area contributed by atoms with E-state index in [1.54, 1.807) is 12.4 Å². The van der Waals surface area contributed by atoms with E-state index in [9.17, 15) is 4.39 Å². The molecule has 4 heterocycles. The molecule has 0 atom stereocenters. The molecule has 4 rings (SSSR count). The second-order valence-electron chi connectivity index (χ2n) is 6.25. The van der Waals surface area contributed by atoms with Crippen LogP contribution in [0.1, 0.15) is 27.8 Å². The number of nitrogens with zero attached hydrogens (tertiary/aromatic N) is 3. The van der Waals surface area contributed by atoms with E-state index in [0.717, 1.165) is 37.8 Å². The Hall–Kier alpha value is -2.60. The van der Waals surface area contributed by atoms with E-state index in [1.807, 2.05) is 31.5 Å². The number of aromatic nitrogens is 4. The third-order valence-electron chi connectivity index (χ3n) is 4.28. The molecule has 1 N–H and O–H groups in total. The van der Waals surface area contributed by atoms with Crippen molar-refractivity contribution in [3.05, 3.63) is 87.4 Å². The van der Waals surface area contributed by atoms with E-state index in [0.29, 0.717) is 18.4 Å². The van der Waals surface area contributed by atoms with Crippen molar-refractivity contribution < 1.29 is 4.39 Å². The molecule has 0 bridgehead atoms. The highest BCUT2D eigenvalue weighted by molar-refractivity contribution is 9.10. The third-order valence-corrected chi connectivity index (χ3v) is 5.00. The van der Waals surface area contributed by atoms with Crippen molar-refractivity contribution in [2.24, 2.45) is 0 Å². The topological polar surface area (TPSA) is 54.5 Å². The number of hydrogen-bond donors (Lipinski definition) is 1. The number of hydrogen-bond acceptors (Lipinski definition) is 3. The van der Waals surface area contributed by atoms with Crippen molar-refractivity contribution in [3.63, 3.8) is 0 Å². The Bertz CT molecular complexity index is 1090. The molecule has 0 unspecified atom stereocenters. The predicted molar refractivity (Wildman–Crippen MR) is 101 cm³/mol. The van der Waals surface area contributed by atoms with Crippen LogP contribution in [0.25, 0.3) is 11.0 Å². The van der Waals surface area contributed by atoms with Gasteiger partial charge in [0.05, 0.1) is 6.20 Å². The first-order valence-electron chi connectivity index (χ1n) is 8.17. The molecular weight excluding hydrogens is 395 g/mol. The number of rotatable bonds is 4. The summed E-state index contributed by atoms with van der Waals surface area (Å²) < 4.78 is 15.2. The largest absolute Gasteiger partial charge is 0.346 e. The van der Waals surface area contributed by atoms with E-state index >= 15 is 0 Å². The van der Waals surface area contributed by atoms with Crippen molar-refractivity contribution >= 4 is 27.0 Å². The second-order valence-corrected chi connectivity index (χ2v) is 7.11. The molecule has 1 radical (unpaired) electrons. The molecule has 0 spiro atoms. The standard InChI is InChI=1S/C20H15BrFN4/c1-12-4-17-16(10-26-20(17)25-8-12)7-15-6-13(9-24-19(15)22)5-14-2-3-23-11-18(14)21/h2-4,6,8,10-11H,5,7H2,1H3,(H,25,26). The number of pyridine rings is 3. The quantitative estimate of drug-likeness (QED) is 0.503. The highest BCUT2D eigenvalue weighted by Gasteiger charge is 2.12. The molecule has 26 heavy (non-hydrogen) atoms. The van der Waals surface area contributed by atoms with E-state index in [1.165, 1.54) is 0 Å². The first-order chi connectivity index (χ1) is 12.6. The molecule has 0 saturated carbocycles. The zero-order valence-electron chi connectivity index (χ0n) is 14.1. The molecule has 0 amide bonds.